The molecule has 1 saturated carbocycles. The number of nitrogens with one attached hydrogen (secondary N) is 2. The van der Waals surface area contributed by atoms with E-state index in [-0.39, 0.29) is 17.9 Å². The van der Waals surface area contributed by atoms with Gasteiger partial charge in [-0.05, 0) is 77.5 Å². The Morgan fingerprint density at radius 2 is 1.84 bits per heavy atom. The van der Waals surface area contributed by atoms with E-state index in [1.165, 1.54) is 18.2 Å². The van der Waals surface area contributed by atoms with E-state index in [1.54, 1.807) is 31.4 Å². The van der Waals surface area contributed by atoms with Gasteiger partial charge in [0.2, 0.25) is 0 Å². The SMILES string of the molecule is COc1ccc2ccccc2c1[C@@H](NCC1CC1)c1ccc(F)c(NC(=O)c2cc(C(F)(F)F)nn2-c2cccc(CN)c2)c1. The number of fused-ring (bicyclic) bond motifs is 1. The number of ether oxygens (including phenoxy) is 1. The number of aromatic nitrogens is 2. The van der Waals surface area contributed by atoms with Crippen LogP contribution in [0.1, 0.15) is 51.8 Å². The average molecular weight is 618 g/mol. The van der Waals surface area contributed by atoms with Crippen LogP contribution >= 0.6 is 0 Å². The molecular formula is C34H31F4N5O2. The van der Waals surface area contributed by atoms with Crippen LogP contribution in [-0.2, 0) is 12.7 Å². The van der Waals surface area contributed by atoms with E-state index >= 15 is 4.39 Å². The number of carbonyl (C=O) groups is 1. The first-order valence-electron chi connectivity index (χ1n) is 14.5. The van der Waals surface area contributed by atoms with Gasteiger partial charge in [-0.25, -0.2) is 9.07 Å². The van der Waals surface area contributed by atoms with Crippen molar-refractivity contribution in [3.05, 3.63) is 119 Å². The maximum atomic E-state index is 15.3. The molecule has 6 rings (SSSR count). The summed E-state index contributed by atoms with van der Waals surface area (Å²) < 4.78 is 63.0. The lowest BCUT2D eigenvalue weighted by molar-refractivity contribution is -0.141. The van der Waals surface area contributed by atoms with E-state index in [1.807, 2.05) is 36.4 Å². The highest BCUT2D eigenvalue weighted by molar-refractivity contribution is 6.03. The highest BCUT2D eigenvalue weighted by atomic mass is 19.4. The molecule has 0 saturated heterocycles. The van der Waals surface area contributed by atoms with Gasteiger partial charge in [0.1, 0.15) is 17.3 Å². The van der Waals surface area contributed by atoms with Crippen molar-refractivity contribution in [2.24, 2.45) is 11.7 Å². The molecule has 11 heteroatoms. The van der Waals surface area contributed by atoms with Crippen molar-refractivity contribution in [3.8, 4) is 11.4 Å². The highest BCUT2D eigenvalue weighted by Crippen LogP contribution is 2.39. The summed E-state index contributed by atoms with van der Waals surface area (Å²) in [5, 5.41) is 11.7. The van der Waals surface area contributed by atoms with E-state index in [0.29, 0.717) is 28.9 Å². The van der Waals surface area contributed by atoms with Crippen molar-refractivity contribution >= 4 is 22.4 Å². The molecule has 1 amide bonds. The van der Waals surface area contributed by atoms with Gasteiger partial charge >= 0.3 is 6.18 Å². The third-order valence-corrected chi connectivity index (χ3v) is 7.94. The minimum Gasteiger partial charge on any atom is -0.496 e. The van der Waals surface area contributed by atoms with Gasteiger partial charge in [-0.1, -0.05) is 48.5 Å². The summed E-state index contributed by atoms with van der Waals surface area (Å²) in [6, 6.07) is 22.6. The smallest absolute Gasteiger partial charge is 0.435 e. The number of rotatable bonds is 10. The van der Waals surface area contributed by atoms with Crippen LogP contribution in [0.4, 0.5) is 23.2 Å². The largest absolute Gasteiger partial charge is 0.496 e. The minimum atomic E-state index is -4.81. The molecule has 0 unspecified atom stereocenters. The Morgan fingerprint density at radius 1 is 1.04 bits per heavy atom. The van der Waals surface area contributed by atoms with Crippen LogP contribution in [-0.4, -0.2) is 29.3 Å². The Kier molecular flexibility index (Phi) is 8.30. The fourth-order valence-corrected chi connectivity index (χ4v) is 5.44. The third kappa shape index (κ3) is 6.40. The van der Waals surface area contributed by atoms with E-state index in [9.17, 15) is 18.0 Å². The normalized spacial score (nSPS) is 14.0. The topological polar surface area (TPSA) is 94.2 Å². The second-order valence-electron chi connectivity index (χ2n) is 11.1. The Morgan fingerprint density at radius 3 is 2.58 bits per heavy atom. The molecule has 0 bridgehead atoms. The standard InChI is InChI=1S/C34H31F4N5O2/c1-45-29-14-12-22-6-2-3-8-25(22)31(29)32(40-19-20-9-10-20)23-11-13-26(35)27(16-23)41-33(44)28-17-30(34(36,37)38)42-43(28)24-7-4-5-21(15-24)18-39/h2-8,11-17,20,32,40H,9-10,18-19,39H2,1H3,(H,41,44)/t32-/m0/s1. The van der Waals surface area contributed by atoms with E-state index in [2.05, 4.69) is 15.7 Å². The van der Waals surface area contributed by atoms with Crippen LogP contribution in [0.2, 0.25) is 0 Å². The summed E-state index contributed by atoms with van der Waals surface area (Å²) in [6.45, 7) is 0.857. The molecule has 1 heterocycles. The molecule has 232 valence electrons. The van der Waals surface area contributed by atoms with Gasteiger partial charge in [-0.2, -0.15) is 18.3 Å². The molecule has 0 aliphatic heterocycles. The lowest BCUT2D eigenvalue weighted by atomic mass is 9.92. The zero-order valence-corrected chi connectivity index (χ0v) is 24.4. The second-order valence-corrected chi connectivity index (χ2v) is 11.1. The summed E-state index contributed by atoms with van der Waals surface area (Å²) in [6.07, 6.45) is -2.59. The van der Waals surface area contributed by atoms with Crippen LogP contribution in [0.3, 0.4) is 0 Å². The summed E-state index contributed by atoms with van der Waals surface area (Å²) >= 11 is 0. The molecule has 1 atom stereocenters. The Balaban J connectivity index is 1.40. The first-order chi connectivity index (χ1) is 21.7. The molecule has 1 aliphatic carbocycles. The van der Waals surface area contributed by atoms with Gasteiger partial charge in [0.25, 0.3) is 5.91 Å². The van der Waals surface area contributed by atoms with Crippen LogP contribution in [0.5, 0.6) is 5.75 Å². The monoisotopic (exact) mass is 617 g/mol. The average Bonchev–Trinajstić information content (AvgIpc) is 3.75. The maximum Gasteiger partial charge on any atom is 0.435 e. The zero-order chi connectivity index (χ0) is 31.7. The summed E-state index contributed by atoms with van der Waals surface area (Å²) in [5.74, 6) is -0.545. The summed E-state index contributed by atoms with van der Waals surface area (Å²) in [5.41, 5.74) is 6.19. The highest BCUT2D eigenvalue weighted by Gasteiger charge is 2.36. The zero-order valence-electron chi connectivity index (χ0n) is 24.4. The minimum absolute atomic E-state index is 0.137. The van der Waals surface area contributed by atoms with Gasteiger partial charge in [-0.15, -0.1) is 0 Å². The van der Waals surface area contributed by atoms with Crippen molar-refractivity contribution in [1.29, 1.82) is 0 Å². The van der Waals surface area contributed by atoms with Gasteiger partial charge in [-0.3, -0.25) is 4.79 Å². The number of benzene rings is 4. The molecule has 4 aromatic carbocycles. The number of nitrogens with two attached hydrogens (primary N) is 1. The molecule has 7 nitrogen and oxygen atoms in total. The lowest BCUT2D eigenvalue weighted by Crippen LogP contribution is -2.26. The summed E-state index contributed by atoms with van der Waals surface area (Å²) in [7, 11) is 1.59. The summed E-state index contributed by atoms with van der Waals surface area (Å²) in [4.78, 5) is 13.5. The number of anilines is 1. The van der Waals surface area contributed by atoms with Crippen molar-refractivity contribution < 1.29 is 27.1 Å². The van der Waals surface area contributed by atoms with E-state index in [0.717, 1.165) is 40.4 Å². The third-order valence-electron chi connectivity index (χ3n) is 7.94. The number of alkyl halides is 3. The lowest BCUT2D eigenvalue weighted by Gasteiger charge is -2.24. The fraction of sp³-hybridized carbons (Fsp3) is 0.235. The van der Waals surface area contributed by atoms with Crippen LogP contribution in [0.15, 0.2) is 84.9 Å². The molecule has 0 radical (unpaired) electrons. The fourth-order valence-electron chi connectivity index (χ4n) is 5.44. The number of hydrogen-bond acceptors (Lipinski definition) is 5. The molecule has 4 N–H and O–H groups in total. The Bertz CT molecular complexity index is 1870. The number of hydrogen-bond donors (Lipinski definition) is 3. The Labute approximate surface area is 257 Å². The maximum absolute atomic E-state index is 15.3. The number of halogens is 4. The van der Waals surface area contributed by atoms with E-state index < -0.39 is 35.3 Å². The second kappa shape index (κ2) is 12.3. The van der Waals surface area contributed by atoms with Gasteiger partial charge in [0, 0.05) is 18.2 Å². The molecule has 5 aromatic rings. The number of amides is 1. The number of carbonyl (C=O) groups excluding carboxylic acids is 1. The van der Waals surface area contributed by atoms with Crippen molar-refractivity contribution in [1.82, 2.24) is 15.1 Å². The predicted molar refractivity (Wildman–Crippen MR) is 164 cm³/mol. The van der Waals surface area contributed by atoms with Gasteiger partial charge in [0.15, 0.2) is 5.69 Å². The molecule has 1 fully saturated rings. The molecule has 1 aromatic heterocycles. The Hall–Kier alpha value is -4.74. The van der Waals surface area contributed by atoms with Gasteiger partial charge < -0.3 is 21.1 Å². The van der Waals surface area contributed by atoms with Crippen molar-refractivity contribution in [3.63, 3.8) is 0 Å². The molecular weight excluding hydrogens is 586 g/mol. The van der Waals surface area contributed by atoms with Crippen LogP contribution in [0.25, 0.3) is 16.5 Å². The molecule has 45 heavy (non-hydrogen) atoms. The predicted octanol–water partition coefficient (Wildman–Crippen LogP) is 6.99. The number of nitrogens with zero attached hydrogens (tertiary/aromatic N) is 2. The van der Waals surface area contributed by atoms with Crippen molar-refractivity contribution in [2.45, 2.75) is 31.6 Å². The first-order valence-corrected chi connectivity index (χ1v) is 14.5. The first kappa shape index (κ1) is 30.3. The van der Waals surface area contributed by atoms with Gasteiger partial charge in [0.05, 0.1) is 24.5 Å². The van der Waals surface area contributed by atoms with Crippen LogP contribution in [0, 0.1) is 11.7 Å². The number of methoxy groups -OCH3 is 1. The quantitative estimate of drug-likeness (QED) is 0.147. The molecule has 0 spiro atoms. The van der Waals surface area contributed by atoms with Crippen molar-refractivity contribution in [2.75, 3.05) is 19.0 Å². The molecule has 1 aliphatic rings. The van der Waals surface area contributed by atoms with Crippen LogP contribution < -0.4 is 21.1 Å². The van der Waals surface area contributed by atoms with E-state index in [4.69, 9.17) is 10.5 Å².